The van der Waals surface area contributed by atoms with Gasteiger partial charge >= 0.3 is 11.7 Å². The molecule has 0 saturated heterocycles. The van der Waals surface area contributed by atoms with Crippen molar-refractivity contribution in [2.75, 3.05) is 19.0 Å². The highest BCUT2D eigenvalue weighted by molar-refractivity contribution is 5.97. The standard InChI is InChI=1S/C17H15N3O5/c1-24-14-5-3-2-4-11(14)16(22)25-9-15(21)18-10-6-7-12-13(8-10)20-17(23)19-12/h2-8H,9H2,1H3,(H,18,21)(H2,19,20,23). The third kappa shape index (κ3) is 3.69. The fourth-order valence-corrected chi connectivity index (χ4v) is 2.33. The van der Waals surface area contributed by atoms with Gasteiger partial charge in [-0.1, -0.05) is 12.1 Å². The van der Waals surface area contributed by atoms with Crippen molar-refractivity contribution in [3.8, 4) is 5.75 Å². The molecule has 0 unspecified atom stereocenters. The van der Waals surface area contributed by atoms with Gasteiger partial charge in [0.25, 0.3) is 5.91 Å². The Bertz CT molecular complexity index is 989. The van der Waals surface area contributed by atoms with Gasteiger partial charge in [-0.05, 0) is 30.3 Å². The van der Waals surface area contributed by atoms with Crippen LogP contribution in [0.1, 0.15) is 10.4 Å². The summed E-state index contributed by atoms with van der Waals surface area (Å²) < 4.78 is 10.1. The Kier molecular flexibility index (Phi) is 4.51. The quantitative estimate of drug-likeness (QED) is 0.611. The number of carbonyl (C=O) groups is 2. The summed E-state index contributed by atoms with van der Waals surface area (Å²) in [5, 5.41) is 2.60. The van der Waals surface area contributed by atoms with Gasteiger partial charge in [-0.3, -0.25) is 4.79 Å². The lowest BCUT2D eigenvalue weighted by atomic mass is 10.2. The number of ether oxygens (including phenoxy) is 2. The molecule has 128 valence electrons. The van der Waals surface area contributed by atoms with Crippen molar-refractivity contribution >= 4 is 28.6 Å². The summed E-state index contributed by atoms with van der Waals surface area (Å²) in [5.41, 5.74) is 1.58. The number of imidazole rings is 1. The number of aromatic nitrogens is 2. The molecule has 0 atom stereocenters. The number of nitrogens with one attached hydrogen (secondary N) is 3. The number of aromatic amines is 2. The van der Waals surface area contributed by atoms with Gasteiger partial charge in [-0.15, -0.1) is 0 Å². The monoisotopic (exact) mass is 341 g/mol. The fraction of sp³-hybridized carbons (Fsp3) is 0.118. The molecular formula is C17H15N3O5. The number of hydrogen-bond donors (Lipinski definition) is 3. The van der Waals surface area contributed by atoms with Crippen LogP contribution in [0, 0.1) is 0 Å². The second-order valence-corrected chi connectivity index (χ2v) is 5.16. The number of fused-ring (bicyclic) bond motifs is 1. The number of amides is 1. The summed E-state index contributed by atoms with van der Waals surface area (Å²) in [5.74, 6) is -0.784. The molecule has 0 radical (unpaired) electrons. The minimum Gasteiger partial charge on any atom is -0.496 e. The molecule has 0 spiro atoms. The number of anilines is 1. The van der Waals surface area contributed by atoms with Crippen molar-refractivity contribution < 1.29 is 19.1 Å². The van der Waals surface area contributed by atoms with Crippen LogP contribution in [0.4, 0.5) is 5.69 Å². The topological polar surface area (TPSA) is 113 Å². The van der Waals surface area contributed by atoms with E-state index in [-0.39, 0.29) is 11.3 Å². The molecular weight excluding hydrogens is 326 g/mol. The first-order chi connectivity index (χ1) is 12.1. The Morgan fingerprint density at radius 2 is 1.84 bits per heavy atom. The average molecular weight is 341 g/mol. The second-order valence-electron chi connectivity index (χ2n) is 5.16. The summed E-state index contributed by atoms with van der Waals surface area (Å²) in [6.07, 6.45) is 0. The lowest BCUT2D eigenvalue weighted by Gasteiger charge is -2.09. The zero-order valence-corrected chi connectivity index (χ0v) is 13.3. The number of esters is 1. The molecule has 0 aliphatic carbocycles. The smallest absolute Gasteiger partial charge is 0.342 e. The van der Waals surface area contributed by atoms with Gasteiger partial charge in [0.1, 0.15) is 11.3 Å². The zero-order valence-electron chi connectivity index (χ0n) is 13.3. The molecule has 8 heteroatoms. The van der Waals surface area contributed by atoms with Crippen molar-refractivity contribution in [1.82, 2.24) is 9.97 Å². The van der Waals surface area contributed by atoms with E-state index in [1.165, 1.54) is 7.11 Å². The predicted octanol–water partition coefficient (Wildman–Crippen LogP) is 1.66. The molecule has 0 aliphatic rings. The number of hydrogen-bond acceptors (Lipinski definition) is 5. The first-order valence-corrected chi connectivity index (χ1v) is 7.39. The molecule has 0 fully saturated rings. The van der Waals surface area contributed by atoms with Gasteiger partial charge < -0.3 is 24.8 Å². The largest absolute Gasteiger partial charge is 0.496 e. The highest BCUT2D eigenvalue weighted by Crippen LogP contribution is 2.18. The number of para-hydroxylation sites is 1. The molecule has 8 nitrogen and oxygen atoms in total. The highest BCUT2D eigenvalue weighted by atomic mass is 16.5. The van der Waals surface area contributed by atoms with Crippen LogP contribution < -0.4 is 15.7 Å². The molecule has 0 aliphatic heterocycles. The lowest BCUT2D eigenvalue weighted by Crippen LogP contribution is -2.21. The predicted molar refractivity (Wildman–Crippen MR) is 90.8 cm³/mol. The number of methoxy groups -OCH3 is 1. The normalized spacial score (nSPS) is 10.4. The summed E-state index contributed by atoms with van der Waals surface area (Å²) in [6, 6.07) is 11.5. The number of carbonyl (C=O) groups excluding carboxylic acids is 2. The number of rotatable bonds is 5. The van der Waals surface area contributed by atoms with E-state index < -0.39 is 18.5 Å². The van der Waals surface area contributed by atoms with Crippen LogP contribution in [-0.2, 0) is 9.53 Å². The van der Waals surface area contributed by atoms with Gasteiger partial charge in [0, 0.05) is 5.69 Å². The molecule has 1 aromatic heterocycles. The minimum atomic E-state index is -0.655. The van der Waals surface area contributed by atoms with Gasteiger partial charge in [-0.25, -0.2) is 9.59 Å². The van der Waals surface area contributed by atoms with E-state index in [1.807, 2.05) is 0 Å². The molecule has 3 rings (SSSR count). The van der Waals surface area contributed by atoms with Crippen LogP contribution in [0.15, 0.2) is 47.3 Å². The van der Waals surface area contributed by atoms with E-state index in [1.54, 1.807) is 42.5 Å². The number of H-pyrrole nitrogens is 2. The van der Waals surface area contributed by atoms with Gasteiger partial charge in [0.15, 0.2) is 6.61 Å². The third-order valence-electron chi connectivity index (χ3n) is 3.46. The fourth-order valence-electron chi connectivity index (χ4n) is 2.33. The SMILES string of the molecule is COc1ccccc1C(=O)OCC(=O)Nc1ccc2[nH]c(=O)[nH]c2c1. The lowest BCUT2D eigenvalue weighted by molar-refractivity contribution is -0.119. The first kappa shape index (κ1) is 16.3. The summed E-state index contributed by atoms with van der Waals surface area (Å²) in [7, 11) is 1.44. The Balaban J connectivity index is 1.62. The van der Waals surface area contributed by atoms with Crippen LogP contribution >= 0.6 is 0 Å². The van der Waals surface area contributed by atoms with E-state index in [9.17, 15) is 14.4 Å². The van der Waals surface area contributed by atoms with E-state index in [4.69, 9.17) is 9.47 Å². The Morgan fingerprint density at radius 1 is 1.08 bits per heavy atom. The van der Waals surface area contributed by atoms with Crippen LogP contribution in [0.5, 0.6) is 5.75 Å². The second kappa shape index (κ2) is 6.91. The van der Waals surface area contributed by atoms with E-state index in [0.29, 0.717) is 22.5 Å². The van der Waals surface area contributed by atoms with Gasteiger partial charge in [0.2, 0.25) is 0 Å². The molecule has 0 bridgehead atoms. The van der Waals surface area contributed by atoms with Crippen LogP contribution in [0.3, 0.4) is 0 Å². The summed E-state index contributed by atoms with van der Waals surface area (Å²) >= 11 is 0. The summed E-state index contributed by atoms with van der Waals surface area (Å²) in [4.78, 5) is 40.4. The Labute approximate surface area is 141 Å². The van der Waals surface area contributed by atoms with Crippen LogP contribution in [0.25, 0.3) is 11.0 Å². The van der Waals surface area contributed by atoms with Crippen molar-refractivity contribution in [3.63, 3.8) is 0 Å². The average Bonchev–Trinajstić information content (AvgIpc) is 2.99. The van der Waals surface area contributed by atoms with Crippen LogP contribution in [0.2, 0.25) is 0 Å². The van der Waals surface area contributed by atoms with Gasteiger partial charge in [-0.2, -0.15) is 0 Å². The highest BCUT2D eigenvalue weighted by Gasteiger charge is 2.14. The maximum Gasteiger partial charge on any atom is 0.342 e. The molecule has 3 N–H and O–H groups in total. The van der Waals surface area contributed by atoms with Gasteiger partial charge in [0.05, 0.1) is 18.1 Å². The maximum absolute atomic E-state index is 12.0. The molecule has 2 aromatic carbocycles. The molecule has 25 heavy (non-hydrogen) atoms. The maximum atomic E-state index is 12.0. The van der Waals surface area contributed by atoms with Crippen LogP contribution in [-0.4, -0.2) is 35.6 Å². The van der Waals surface area contributed by atoms with Crippen molar-refractivity contribution in [3.05, 3.63) is 58.5 Å². The Morgan fingerprint density at radius 3 is 2.64 bits per heavy atom. The molecule has 1 heterocycles. The molecule has 0 saturated carbocycles. The van der Waals surface area contributed by atoms with E-state index in [2.05, 4.69) is 15.3 Å². The molecule has 3 aromatic rings. The Hall–Kier alpha value is -3.55. The van der Waals surface area contributed by atoms with Crippen molar-refractivity contribution in [2.24, 2.45) is 0 Å². The summed E-state index contributed by atoms with van der Waals surface area (Å²) in [6.45, 7) is -0.446. The van der Waals surface area contributed by atoms with E-state index in [0.717, 1.165) is 0 Å². The molecule has 1 amide bonds. The minimum absolute atomic E-state index is 0.240. The van der Waals surface area contributed by atoms with Crippen molar-refractivity contribution in [2.45, 2.75) is 0 Å². The first-order valence-electron chi connectivity index (χ1n) is 7.39. The zero-order chi connectivity index (χ0) is 17.8. The number of benzene rings is 2. The van der Waals surface area contributed by atoms with E-state index >= 15 is 0 Å². The van der Waals surface area contributed by atoms with Crippen molar-refractivity contribution in [1.29, 1.82) is 0 Å². The third-order valence-corrected chi connectivity index (χ3v) is 3.46.